The van der Waals surface area contributed by atoms with Crippen molar-refractivity contribution in [2.75, 3.05) is 12.3 Å². The van der Waals surface area contributed by atoms with E-state index < -0.39 is 0 Å². The molecule has 0 bridgehead atoms. The van der Waals surface area contributed by atoms with Crippen LogP contribution in [-0.2, 0) is 11.2 Å². The molecular formula is C17H28N3O2P. The van der Waals surface area contributed by atoms with Crippen LogP contribution in [0.4, 0.5) is 5.69 Å². The lowest BCUT2D eigenvalue weighted by Gasteiger charge is -1.97. The first-order valence-electron chi connectivity index (χ1n) is 7.02. The molecule has 1 amide bonds. The summed E-state index contributed by atoms with van der Waals surface area (Å²) < 4.78 is 0. The lowest BCUT2D eigenvalue weighted by atomic mass is 10.1. The van der Waals surface area contributed by atoms with E-state index in [1.54, 1.807) is 0 Å². The first kappa shape index (κ1) is 23.3. The van der Waals surface area contributed by atoms with Crippen molar-refractivity contribution in [3.8, 4) is 0 Å². The van der Waals surface area contributed by atoms with Crippen LogP contribution in [0.15, 0.2) is 48.5 Å². The Hall–Kier alpha value is -1.94. The van der Waals surface area contributed by atoms with Gasteiger partial charge in [-0.25, -0.2) is 0 Å². The number of anilines is 1. The molecule has 1 atom stereocenters. The van der Waals surface area contributed by atoms with E-state index in [1.807, 2.05) is 24.3 Å². The standard InChI is InChI=1S/C8H12N2.C8H10.CH3NO.H3OP/c9-6-5-7-1-3-8(10)4-2-7;1-7-3-5-8(2)6-4-7;2-1-3;1-2/h1-4H,5-6,9-10H2;3-6H,1-2H3;1H,(H2,2,3);1H,2H2. The molecule has 2 rings (SSSR count). The van der Waals surface area contributed by atoms with Crippen molar-refractivity contribution in [1.29, 1.82) is 0 Å². The fourth-order valence-electron chi connectivity index (χ4n) is 1.49. The summed E-state index contributed by atoms with van der Waals surface area (Å²) in [5.41, 5.74) is 19.7. The second-order valence-electron chi connectivity index (χ2n) is 4.57. The molecule has 0 heterocycles. The molecule has 0 saturated carbocycles. The van der Waals surface area contributed by atoms with E-state index in [2.05, 4.69) is 43.8 Å². The first-order valence-corrected chi connectivity index (χ1v) is 7.54. The Kier molecular flexibility index (Phi) is 16.7. The maximum absolute atomic E-state index is 8.58. The molecule has 0 aliphatic rings. The summed E-state index contributed by atoms with van der Waals surface area (Å²) in [6.07, 6.45) is 1.18. The Morgan fingerprint density at radius 1 is 0.957 bits per heavy atom. The van der Waals surface area contributed by atoms with E-state index in [0.29, 0.717) is 6.54 Å². The quantitative estimate of drug-likeness (QED) is 0.381. The number of aryl methyl sites for hydroxylation is 2. The van der Waals surface area contributed by atoms with E-state index in [1.165, 1.54) is 26.2 Å². The third-order valence-electron chi connectivity index (χ3n) is 2.63. The number of hydrogen-bond donors (Lipinski definition) is 4. The van der Waals surface area contributed by atoms with Crippen LogP contribution in [0.2, 0.25) is 0 Å². The van der Waals surface area contributed by atoms with Gasteiger partial charge in [-0.05, 0) is 54.0 Å². The minimum Gasteiger partial charge on any atom is -0.399 e. The van der Waals surface area contributed by atoms with Gasteiger partial charge in [0.05, 0.1) is 0 Å². The second-order valence-corrected chi connectivity index (χ2v) is 4.57. The number of primary amides is 1. The largest absolute Gasteiger partial charge is 0.399 e. The van der Waals surface area contributed by atoms with Gasteiger partial charge in [0, 0.05) is 5.69 Å². The molecule has 6 heteroatoms. The Bertz CT molecular complexity index is 481. The first-order chi connectivity index (χ1) is 11.0. The minimum atomic E-state index is 0.250. The van der Waals surface area contributed by atoms with Crippen LogP contribution in [0.25, 0.3) is 0 Å². The zero-order chi connectivity index (χ0) is 18.1. The molecule has 0 fully saturated rings. The second kappa shape index (κ2) is 16.4. The summed E-state index contributed by atoms with van der Waals surface area (Å²) in [7, 11) is 1.42. The van der Waals surface area contributed by atoms with Crippen molar-refractivity contribution in [2.24, 2.45) is 11.5 Å². The van der Waals surface area contributed by atoms with Crippen LogP contribution in [0.1, 0.15) is 16.7 Å². The number of amides is 1. The summed E-state index contributed by atoms with van der Waals surface area (Å²) in [6, 6.07) is 16.3. The molecule has 7 N–H and O–H groups in total. The molecule has 5 nitrogen and oxygen atoms in total. The van der Waals surface area contributed by atoms with Crippen molar-refractivity contribution in [3.05, 3.63) is 65.2 Å². The van der Waals surface area contributed by atoms with Gasteiger partial charge < -0.3 is 22.1 Å². The number of nitrogen functional groups attached to an aromatic ring is 1. The molecule has 1 unspecified atom stereocenters. The van der Waals surface area contributed by atoms with Gasteiger partial charge in [-0.3, -0.25) is 4.79 Å². The average molecular weight is 337 g/mol. The number of rotatable bonds is 2. The highest BCUT2D eigenvalue weighted by Gasteiger charge is 1.88. The highest BCUT2D eigenvalue weighted by atomic mass is 31.0. The van der Waals surface area contributed by atoms with Gasteiger partial charge in [0.2, 0.25) is 6.41 Å². The molecule has 128 valence electrons. The Labute approximate surface area is 141 Å². The fraction of sp³-hybridized carbons (Fsp3) is 0.235. The Morgan fingerprint density at radius 2 is 1.30 bits per heavy atom. The van der Waals surface area contributed by atoms with E-state index >= 15 is 0 Å². The smallest absolute Gasteiger partial charge is 0.204 e. The maximum atomic E-state index is 8.58. The molecular weight excluding hydrogens is 309 g/mol. The molecule has 0 saturated heterocycles. The number of benzene rings is 2. The van der Waals surface area contributed by atoms with E-state index in [9.17, 15) is 0 Å². The third-order valence-corrected chi connectivity index (χ3v) is 2.63. The molecule has 0 aromatic heterocycles. The van der Waals surface area contributed by atoms with Crippen LogP contribution in [-0.4, -0.2) is 17.8 Å². The molecule has 0 aliphatic carbocycles. The SMILES string of the molecule is Cc1ccc(C)cc1.NC=O.NCCc1ccc(N)cc1.OP. The summed E-state index contributed by atoms with van der Waals surface area (Å²) in [4.78, 5) is 15.5. The van der Waals surface area contributed by atoms with Crippen LogP contribution >= 0.6 is 9.47 Å². The van der Waals surface area contributed by atoms with Gasteiger partial charge in [-0.15, -0.1) is 0 Å². The molecule has 0 aliphatic heterocycles. The zero-order valence-corrected chi connectivity index (χ0v) is 14.9. The number of carbonyl (C=O) groups is 1. The Balaban J connectivity index is 0. The van der Waals surface area contributed by atoms with Gasteiger partial charge in [0.15, 0.2) is 0 Å². The zero-order valence-electron chi connectivity index (χ0n) is 13.8. The fourth-order valence-corrected chi connectivity index (χ4v) is 1.49. The third kappa shape index (κ3) is 14.8. The van der Waals surface area contributed by atoms with Gasteiger partial charge in [0.1, 0.15) is 0 Å². The monoisotopic (exact) mass is 337 g/mol. The van der Waals surface area contributed by atoms with Crippen LogP contribution < -0.4 is 17.2 Å². The topological polar surface area (TPSA) is 115 Å². The van der Waals surface area contributed by atoms with E-state index in [-0.39, 0.29) is 6.41 Å². The number of carbonyl (C=O) groups excluding carboxylic acids is 1. The highest BCUT2D eigenvalue weighted by molar-refractivity contribution is 7.08. The maximum Gasteiger partial charge on any atom is 0.204 e. The van der Waals surface area contributed by atoms with Crippen molar-refractivity contribution in [1.82, 2.24) is 0 Å². The molecule has 2 aromatic rings. The van der Waals surface area contributed by atoms with E-state index in [0.717, 1.165) is 12.1 Å². The molecule has 0 spiro atoms. The highest BCUT2D eigenvalue weighted by Crippen LogP contribution is 2.04. The average Bonchev–Trinajstić information content (AvgIpc) is 2.56. The Morgan fingerprint density at radius 3 is 1.61 bits per heavy atom. The van der Waals surface area contributed by atoms with E-state index in [4.69, 9.17) is 21.2 Å². The van der Waals surface area contributed by atoms with Gasteiger partial charge in [-0.1, -0.05) is 47.5 Å². The van der Waals surface area contributed by atoms with Crippen molar-refractivity contribution in [3.63, 3.8) is 0 Å². The number of hydrogen-bond acceptors (Lipinski definition) is 4. The lowest BCUT2D eigenvalue weighted by molar-refractivity contribution is -0.106. The van der Waals surface area contributed by atoms with Crippen LogP contribution in [0, 0.1) is 13.8 Å². The molecule has 23 heavy (non-hydrogen) atoms. The summed E-state index contributed by atoms with van der Waals surface area (Å²) >= 11 is 0. The van der Waals surface area contributed by atoms with Gasteiger partial charge in [0.25, 0.3) is 0 Å². The van der Waals surface area contributed by atoms with Crippen molar-refractivity contribution >= 4 is 21.6 Å². The number of nitrogens with two attached hydrogens (primary N) is 3. The van der Waals surface area contributed by atoms with Crippen molar-refractivity contribution < 1.29 is 9.69 Å². The van der Waals surface area contributed by atoms with Crippen LogP contribution in [0.5, 0.6) is 0 Å². The summed E-state index contributed by atoms with van der Waals surface area (Å²) in [5.74, 6) is 0. The predicted octanol–water partition coefficient (Wildman–Crippen LogP) is 1.94. The normalized spacial score (nSPS) is 8.22. The van der Waals surface area contributed by atoms with Crippen LogP contribution in [0.3, 0.4) is 0 Å². The molecule has 2 aromatic carbocycles. The van der Waals surface area contributed by atoms with Gasteiger partial charge in [-0.2, -0.15) is 0 Å². The van der Waals surface area contributed by atoms with Crippen molar-refractivity contribution in [2.45, 2.75) is 20.3 Å². The minimum absolute atomic E-state index is 0.250. The molecule has 0 radical (unpaired) electrons. The summed E-state index contributed by atoms with van der Waals surface area (Å²) in [6.45, 7) is 4.89. The van der Waals surface area contributed by atoms with Gasteiger partial charge >= 0.3 is 0 Å². The predicted molar refractivity (Wildman–Crippen MR) is 102 cm³/mol. The lowest BCUT2D eigenvalue weighted by Crippen LogP contribution is -2.02. The summed E-state index contributed by atoms with van der Waals surface area (Å²) in [5, 5.41) is 0.